The predicted octanol–water partition coefficient (Wildman–Crippen LogP) is 7.44. The van der Waals surface area contributed by atoms with Crippen molar-refractivity contribution >= 4 is 39.8 Å². The van der Waals surface area contributed by atoms with E-state index < -0.39 is 11.1 Å². The normalized spacial score (nSPS) is 21.4. The first-order valence-electron chi connectivity index (χ1n) is 14.8. The average Bonchev–Trinajstić information content (AvgIpc) is 3.75. The number of hydrogen-bond donors (Lipinski definition) is 1. The van der Waals surface area contributed by atoms with Crippen LogP contribution in [0.15, 0.2) is 90.6 Å². The molecule has 1 aliphatic heterocycles. The second kappa shape index (κ2) is 9.42. The molecule has 7 nitrogen and oxygen atoms in total. The number of amides is 2. The lowest BCUT2D eigenvalue weighted by atomic mass is 9.61. The lowest BCUT2D eigenvalue weighted by molar-refractivity contribution is -0.118. The fourth-order valence-electron chi connectivity index (χ4n) is 7.05. The Morgan fingerprint density at radius 3 is 2.23 bits per heavy atom. The van der Waals surface area contributed by atoms with Crippen LogP contribution in [0.25, 0.3) is 38.4 Å². The maximum Gasteiger partial charge on any atom is 0.262 e. The molecule has 1 N–H and O–H groups in total. The summed E-state index contributed by atoms with van der Waals surface area (Å²) in [4.78, 5) is 39.6. The molecule has 0 bridgehead atoms. The Labute approximate surface area is 258 Å². The van der Waals surface area contributed by atoms with Crippen molar-refractivity contribution < 1.29 is 14.7 Å². The van der Waals surface area contributed by atoms with Crippen LogP contribution in [0.1, 0.15) is 71.4 Å². The zero-order chi connectivity index (χ0) is 30.4. The number of carbonyl (C=O) groups excluding carboxylic acids is 2. The highest BCUT2D eigenvalue weighted by Crippen LogP contribution is 2.54. The molecular formula is C36H30N4O3S. The van der Waals surface area contributed by atoms with Crippen LogP contribution in [0.5, 0.6) is 0 Å². The van der Waals surface area contributed by atoms with Crippen LogP contribution in [0, 0.1) is 0 Å². The van der Waals surface area contributed by atoms with E-state index in [1.54, 1.807) is 42.5 Å². The number of thiophene rings is 1. The minimum absolute atomic E-state index is 0.274. The van der Waals surface area contributed by atoms with Gasteiger partial charge < -0.3 is 5.11 Å². The lowest BCUT2D eigenvalue weighted by Gasteiger charge is -2.55. The van der Waals surface area contributed by atoms with Crippen molar-refractivity contribution in [1.29, 1.82) is 0 Å². The van der Waals surface area contributed by atoms with Gasteiger partial charge >= 0.3 is 0 Å². The number of pyridine rings is 1. The molecule has 1 fully saturated rings. The number of aromatic nitrogens is 3. The molecule has 0 radical (unpaired) electrons. The van der Waals surface area contributed by atoms with E-state index in [2.05, 4.69) is 48.0 Å². The van der Waals surface area contributed by atoms with E-state index >= 15 is 0 Å². The molecule has 4 aromatic heterocycles. The Bertz CT molecular complexity index is 2080. The number of benzene rings is 2. The highest BCUT2D eigenvalue weighted by molar-refractivity contribution is 7.13. The van der Waals surface area contributed by atoms with Gasteiger partial charge in [0.25, 0.3) is 11.8 Å². The van der Waals surface area contributed by atoms with Crippen LogP contribution in [-0.2, 0) is 5.54 Å². The Kier molecular flexibility index (Phi) is 5.76. The van der Waals surface area contributed by atoms with Crippen LogP contribution in [-0.4, -0.2) is 41.8 Å². The molecule has 0 spiro atoms. The van der Waals surface area contributed by atoms with Crippen LogP contribution in [0.3, 0.4) is 0 Å². The molecule has 8 rings (SSSR count). The summed E-state index contributed by atoms with van der Waals surface area (Å²) in [6.07, 6.45) is 4.56. The standard InChI is InChI=1S/C36H30N4O3S/c1-21(2)24-16-30-37-17-23-15-28(29-9-6-14-44-29)31(38-32(23)39(30)18-24)22-10-12-25(13-11-22)36(19-35(3,43)20-36)40-33(41)26-7-4-5-8-27(26)34(40)42/h4-18,21,43H,19-20H2,1-3H3. The largest absolute Gasteiger partial charge is 0.390 e. The smallest absolute Gasteiger partial charge is 0.262 e. The molecule has 44 heavy (non-hydrogen) atoms. The highest BCUT2D eigenvalue weighted by Gasteiger charge is 2.60. The van der Waals surface area contributed by atoms with Crippen LogP contribution in [0.4, 0.5) is 0 Å². The number of rotatable bonds is 5. The quantitative estimate of drug-likeness (QED) is 0.209. The molecule has 218 valence electrons. The molecule has 6 aromatic rings. The van der Waals surface area contributed by atoms with Gasteiger partial charge in [-0.3, -0.25) is 18.9 Å². The number of aliphatic hydroxyl groups is 1. The Balaban J connectivity index is 1.26. The first-order valence-corrected chi connectivity index (χ1v) is 15.7. The minimum atomic E-state index is -0.981. The first-order chi connectivity index (χ1) is 21.1. The third-order valence-electron chi connectivity index (χ3n) is 9.13. The zero-order valence-electron chi connectivity index (χ0n) is 24.6. The van der Waals surface area contributed by atoms with Gasteiger partial charge in [-0.2, -0.15) is 0 Å². The van der Waals surface area contributed by atoms with Gasteiger partial charge in [0, 0.05) is 46.6 Å². The third kappa shape index (κ3) is 3.91. The lowest BCUT2D eigenvalue weighted by Crippen LogP contribution is -2.63. The van der Waals surface area contributed by atoms with Gasteiger partial charge in [-0.25, -0.2) is 9.97 Å². The summed E-state index contributed by atoms with van der Waals surface area (Å²) in [5.41, 5.74) is 5.40. The topological polar surface area (TPSA) is 87.8 Å². The molecular weight excluding hydrogens is 568 g/mol. The Morgan fingerprint density at radius 1 is 0.909 bits per heavy atom. The second-order valence-electron chi connectivity index (χ2n) is 12.6. The van der Waals surface area contributed by atoms with Gasteiger partial charge in [0.15, 0.2) is 0 Å². The third-order valence-corrected chi connectivity index (χ3v) is 10.0. The molecule has 2 aromatic carbocycles. The molecule has 0 unspecified atom stereocenters. The van der Waals surface area contributed by atoms with E-state index in [1.165, 1.54) is 10.5 Å². The van der Waals surface area contributed by atoms with Crippen molar-refractivity contribution in [2.45, 2.75) is 50.7 Å². The SMILES string of the molecule is CC(C)c1cc2ncc3cc(-c4cccs4)c(-c4ccc(C5(N6C(=O)c7ccccc7C6=O)CC(C)(O)C5)cc4)nc3n2c1. The minimum Gasteiger partial charge on any atom is -0.390 e. The summed E-state index contributed by atoms with van der Waals surface area (Å²) in [6.45, 7) is 6.09. The zero-order valence-corrected chi connectivity index (χ0v) is 25.4. The monoisotopic (exact) mass is 598 g/mol. The fourth-order valence-corrected chi connectivity index (χ4v) is 7.80. The molecule has 2 amide bonds. The highest BCUT2D eigenvalue weighted by atomic mass is 32.1. The molecule has 5 heterocycles. The van der Waals surface area contributed by atoms with Crippen molar-refractivity contribution in [3.63, 3.8) is 0 Å². The van der Waals surface area contributed by atoms with Gasteiger partial charge in [0.05, 0.1) is 28.0 Å². The molecule has 0 atom stereocenters. The van der Waals surface area contributed by atoms with E-state index in [1.807, 2.05) is 36.5 Å². The Hall–Kier alpha value is -4.66. The first kappa shape index (κ1) is 26.9. The number of nitrogens with zero attached hydrogens (tertiary/aromatic N) is 4. The molecule has 1 aliphatic carbocycles. The van der Waals surface area contributed by atoms with Crippen molar-refractivity contribution in [3.05, 3.63) is 113 Å². The van der Waals surface area contributed by atoms with Gasteiger partial charge in [-0.1, -0.05) is 56.3 Å². The predicted molar refractivity (Wildman–Crippen MR) is 172 cm³/mol. The van der Waals surface area contributed by atoms with Gasteiger partial charge in [-0.05, 0) is 59.7 Å². The summed E-state index contributed by atoms with van der Waals surface area (Å²) < 4.78 is 2.06. The van der Waals surface area contributed by atoms with Crippen molar-refractivity contribution in [1.82, 2.24) is 19.3 Å². The molecule has 2 aliphatic rings. The van der Waals surface area contributed by atoms with E-state index in [0.29, 0.717) is 17.0 Å². The summed E-state index contributed by atoms with van der Waals surface area (Å²) >= 11 is 1.66. The van der Waals surface area contributed by atoms with Crippen LogP contribution < -0.4 is 0 Å². The second-order valence-corrected chi connectivity index (χ2v) is 13.6. The number of carbonyl (C=O) groups is 2. The summed E-state index contributed by atoms with van der Waals surface area (Å²) in [6, 6.07) is 23.3. The van der Waals surface area contributed by atoms with Gasteiger partial charge in [-0.15, -0.1) is 11.3 Å². The summed E-state index contributed by atoms with van der Waals surface area (Å²) in [5.74, 6) is -0.260. The van der Waals surface area contributed by atoms with E-state index in [0.717, 1.165) is 43.9 Å². The van der Waals surface area contributed by atoms with Crippen LogP contribution in [0.2, 0.25) is 0 Å². The maximum absolute atomic E-state index is 13.6. The van der Waals surface area contributed by atoms with Gasteiger partial charge in [0.2, 0.25) is 0 Å². The maximum atomic E-state index is 13.6. The molecule has 1 saturated carbocycles. The summed E-state index contributed by atoms with van der Waals surface area (Å²) in [7, 11) is 0. The van der Waals surface area contributed by atoms with E-state index in [9.17, 15) is 14.7 Å². The van der Waals surface area contributed by atoms with E-state index in [-0.39, 0.29) is 24.7 Å². The summed E-state index contributed by atoms with van der Waals surface area (Å²) in [5, 5.41) is 13.9. The van der Waals surface area contributed by atoms with Crippen LogP contribution >= 0.6 is 11.3 Å². The van der Waals surface area contributed by atoms with Crippen molar-refractivity contribution in [2.75, 3.05) is 0 Å². The fraction of sp³-hybridized carbons (Fsp3) is 0.222. The molecule has 8 heteroatoms. The number of imide groups is 1. The number of fused-ring (bicyclic) bond motifs is 4. The van der Waals surface area contributed by atoms with E-state index in [4.69, 9.17) is 9.97 Å². The number of hydrogen-bond acceptors (Lipinski definition) is 6. The molecule has 0 saturated heterocycles. The van der Waals surface area contributed by atoms with Gasteiger partial charge in [0.1, 0.15) is 11.3 Å². The average molecular weight is 599 g/mol. The van der Waals surface area contributed by atoms with Crippen molar-refractivity contribution in [3.8, 4) is 21.7 Å². The van der Waals surface area contributed by atoms with Crippen molar-refractivity contribution in [2.24, 2.45) is 0 Å². The Morgan fingerprint density at radius 2 is 1.61 bits per heavy atom.